The van der Waals surface area contributed by atoms with Crippen LogP contribution in [-0.4, -0.2) is 23.9 Å². The summed E-state index contributed by atoms with van der Waals surface area (Å²) in [5, 5.41) is 3.80. The number of ketones is 1. The van der Waals surface area contributed by atoms with E-state index in [1.807, 2.05) is 0 Å². The molecule has 2 aromatic carbocycles. The van der Waals surface area contributed by atoms with Crippen LogP contribution in [0.15, 0.2) is 36.4 Å². The Morgan fingerprint density at radius 3 is 3.00 bits per heavy atom. The van der Waals surface area contributed by atoms with Gasteiger partial charge in [0.1, 0.15) is 12.4 Å². The summed E-state index contributed by atoms with van der Waals surface area (Å²) in [7, 11) is 0. The van der Waals surface area contributed by atoms with Gasteiger partial charge in [0.25, 0.3) is 0 Å². The molecule has 4 nitrogen and oxygen atoms in total. The average Bonchev–Trinajstić information content (AvgIpc) is 3.31. The third-order valence-corrected chi connectivity index (χ3v) is 5.23. The Morgan fingerprint density at radius 2 is 2.19 bits per heavy atom. The number of rotatable bonds is 2. The molecule has 2 aliphatic rings. The quantitative estimate of drug-likeness (QED) is 0.730. The molecule has 3 heterocycles. The van der Waals surface area contributed by atoms with Crippen molar-refractivity contribution in [1.29, 1.82) is 0 Å². The van der Waals surface area contributed by atoms with E-state index >= 15 is 0 Å². The van der Waals surface area contributed by atoms with Gasteiger partial charge in [0.05, 0.1) is 15.0 Å². The highest BCUT2D eigenvalue weighted by atomic mass is 19.1. The van der Waals surface area contributed by atoms with Crippen molar-refractivity contribution in [2.75, 3.05) is 13.2 Å². The lowest BCUT2D eigenvalue weighted by atomic mass is 9.98. The zero-order valence-corrected chi connectivity index (χ0v) is 14.1. The van der Waals surface area contributed by atoms with Gasteiger partial charge in [-0.1, -0.05) is 24.3 Å². The monoisotopic (exact) mass is 352 g/mol. The lowest BCUT2D eigenvalue weighted by Gasteiger charge is -2.13. The maximum atomic E-state index is 14.9. The molecule has 2 N–H and O–H groups in total. The van der Waals surface area contributed by atoms with Crippen molar-refractivity contribution in [3.63, 3.8) is 0 Å². The SMILES string of the molecule is [2H]C1([2H])OCC(=O)c2cccc3[nH]c(-c4ccc([C@@H]5CCCN5)c(F)c4)c1c23. The first-order valence-corrected chi connectivity index (χ1v) is 8.81. The van der Waals surface area contributed by atoms with Gasteiger partial charge < -0.3 is 15.0 Å². The zero-order valence-electron chi connectivity index (χ0n) is 16.1. The molecule has 1 fully saturated rings. The van der Waals surface area contributed by atoms with Gasteiger partial charge in [-0.25, -0.2) is 4.39 Å². The minimum Gasteiger partial charge on any atom is -0.369 e. The van der Waals surface area contributed by atoms with Crippen molar-refractivity contribution < 1.29 is 16.7 Å². The molecule has 0 saturated carbocycles. The lowest BCUT2D eigenvalue weighted by Crippen LogP contribution is -2.14. The highest BCUT2D eigenvalue weighted by Crippen LogP contribution is 2.36. The molecular weight excluding hydrogens is 331 g/mol. The van der Waals surface area contributed by atoms with Crippen LogP contribution in [0, 0.1) is 5.82 Å². The summed E-state index contributed by atoms with van der Waals surface area (Å²) < 4.78 is 36.9. The van der Waals surface area contributed by atoms with Crippen LogP contribution in [0.2, 0.25) is 0 Å². The smallest absolute Gasteiger partial charge is 0.189 e. The molecule has 5 heteroatoms. The Kier molecular flexibility index (Phi) is 3.18. The van der Waals surface area contributed by atoms with Gasteiger partial charge in [0, 0.05) is 39.2 Å². The van der Waals surface area contributed by atoms with Gasteiger partial charge in [-0.05, 0) is 31.5 Å². The number of aromatic amines is 1. The number of H-pyrrole nitrogens is 1. The van der Waals surface area contributed by atoms with E-state index in [2.05, 4.69) is 10.3 Å². The Hall–Kier alpha value is -2.50. The van der Waals surface area contributed by atoms with Crippen molar-refractivity contribution in [3.05, 3.63) is 58.9 Å². The summed E-state index contributed by atoms with van der Waals surface area (Å²) in [6.07, 6.45) is 1.92. The maximum Gasteiger partial charge on any atom is 0.189 e. The third-order valence-electron chi connectivity index (χ3n) is 5.23. The number of benzene rings is 2. The molecular formula is C21H19FN2O2. The average molecular weight is 352 g/mol. The Labute approximate surface area is 153 Å². The Balaban J connectivity index is 1.72. The van der Waals surface area contributed by atoms with Gasteiger partial charge in [-0.15, -0.1) is 0 Å². The fraction of sp³-hybridized carbons (Fsp3) is 0.286. The zero-order chi connectivity index (χ0) is 19.5. The van der Waals surface area contributed by atoms with E-state index in [4.69, 9.17) is 7.48 Å². The van der Waals surface area contributed by atoms with Crippen LogP contribution in [0.25, 0.3) is 22.2 Å². The van der Waals surface area contributed by atoms with Crippen LogP contribution in [0.4, 0.5) is 4.39 Å². The van der Waals surface area contributed by atoms with Crippen LogP contribution in [-0.2, 0) is 11.3 Å². The number of aromatic nitrogens is 1. The summed E-state index contributed by atoms with van der Waals surface area (Å²) in [6, 6.07) is 10.2. The molecule has 1 atom stereocenters. The molecule has 2 aliphatic heterocycles. The van der Waals surface area contributed by atoms with E-state index in [1.54, 1.807) is 30.3 Å². The van der Waals surface area contributed by atoms with Crippen molar-refractivity contribution >= 4 is 16.7 Å². The van der Waals surface area contributed by atoms with Crippen LogP contribution in [0.5, 0.6) is 0 Å². The van der Waals surface area contributed by atoms with Gasteiger partial charge in [-0.3, -0.25) is 4.79 Å². The van der Waals surface area contributed by atoms with Gasteiger partial charge in [-0.2, -0.15) is 0 Å². The molecule has 3 aromatic rings. The second-order valence-electron chi connectivity index (χ2n) is 6.80. The number of halogens is 1. The molecule has 5 rings (SSSR count). The largest absolute Gasteiger partial charge is 0.369 e. The number of Topliss-reactive ketones (excluding diaryl/α,β-unsaturated/α-hetero) is 1. The molecule has 0 amide bonds. The van der Waals surface area contributed by atoms with Gasteiger partial charge >= 0.3 is 0 Å². The van der Waals surface area contributed by atoms with Crippen LogP contribution in [0.3, 0.4) is 0 Å². The number of hydrogen-bond acceptors (Lipinski definition) is 3. The van der Waals surface area contributed by atoms with Crippen molar-refractivity contribution in [3.8, 4) is 11.3 Å². The van der Waals surface area contributed by atoms with Crippen molar-refractivity contribution in [2.45, 2.75) is 25.4 Å². The first-order chi connectivity index (χ1) is 13.5. The van der Waals surface area contributed by atoms with Crippen LogP contribution < -0.4 is 5.32 Å². The number of hydrogen-bond donors (Lipinski definition) is 2. The van der Waals surface area contributed by atoms with E-state index < -0.39 is 6.56 Å². The number of carbonyl (C=O) groups is 1. The molecule has 26 heavy (non-hydrogen) atoms. The number of ether oxygens (including phenoxy) is 1. The van der Waals surface area contributed by atoms with Crippen molar-refractivity contribution in [1.82, 2.24) is 10.3 Å². The highest BCUT2D eigenvalue weighted by Gasteiger charge is 2.24. The third kappa shape index (κ3) is 2.39. The van der Waals surface area contributed by atoms with E-state index in [0.717, 1.165) is 19.4 Å². The normalized spacial score (nSPS) is 23.0. The topological polar surface area (TPSA) is 54.1 Å². The molecule has 132 valence electrons. The van der Waals surface area contributed by atoms with Crippen LogP contribution in [0.1, 0.15) is 43.1 Å². The molecule has 0 unspecified atom stereocenters. The fourth-order valence-electron chi connectivity index (χ4n) is 3.97. The fourth-order valence-corrected chi connectivity index (χ4v) is 3.97. The van der Waals surface area contributed by atoms with E-state index in [1.165, 1.54) is 6.07 Å². The highest BCUT2D eigenvalue weighted by molar-refractivity contribution is 6.11. The summed E-state index contributed by atoms with van der Waals surface area (Å²) in [6.45, 7) is -1.62. The van der Waals surface area contributed by atoms with E-state index in [9.17, 15) is 9.18 Å². The molecule has 1 aromatic heterocycles. The van der Waals surface area contributed by atoms with Crippen LogP contribution >= 0.6 is 0 Å². The summed E-state index contributed by atoms with van der Waals surface area (Å²) in [4.78, 5) is 15.6. The molecule has 0 aliphatic carbocycles. The Morgan fingerprint density at radius 1 is 1.27 bits per heavy atom. The minimum atomic E-state index is -2.17. The summed E-state index contributed by atoms with van der Waals surface area (Å²) in [5.41, 5.74) is 2.88. The van der Waals surface area contributed by atoms with Gasteiger partial charge in [0.15, 0.2) is 5.78 Å². The van der Waals surface area contributed by atoms with Crippen molar-refractivity contribution in [2.24, 2.45) is 0 Å². The predicted molar refractivity (Wildman–Crippen MR) is 97.7 cm³/mol. The maximum absolute atomic E-state index is 14.9. The summed E-state index contributed by atoms with van der Waals surface area (Å²) >= 11 is 0. The Bertz CT molecular complexity index is 1100. The molecule has 0 spiro atoms. The number of carbonyl (C=O) groups excluding carboxylic acids is 1. The standard InChI is InChI=1S/C21H19FN2O2/c22-16-9-12(6-7-13(16)17-5-2-8-23-17)21-15-10-26-11-19(25)14-3-1-4-18(24-21)20(14)15/h1,3-4,6-7,9,17,23-24H,2,5,8,10-11H2/t17-/m0/s1/i10D2. The first kappa shape index (κ1) is 13.7. The van der Waals surface area contributed by atoms with E-state index in [-0.39, 0.29) is 29.8 Å². The first-order valence-electron chi connectivity index (χ1n) is 9.81. The van der Waals surface area contributed by atoms with E-state index in [0.29, 0.717) is 33.3 Å². The molecule has 0 bridgehead atoms. The number of nitrogens with one attached hydrogen (secondary N) is 2. The molecule has 0 radical (unpaired) electrons. The van der Waals surface area contributed by atoms with Gasteiger partial charge in [0.2, 0.25) is 0 Å². The second kappa shape index (κ2) is 6.04. The summed E-state index contributed by atoms with van der Waals surface area (Å²) in [5.74, 6) is -0.596. The second-order valence-corrected chi connectivity index (χ2v) is 6.80. The lowest BCUT2D eigenvalue weighted by molar-refractivity contribution is 0.0742. The molecule has 1 saturated heterocycles. The predicted octanol–water partition coefficient (Wildman–Crippen LogP) is 4.11. The minimum absolute atomic E-state index is 0.0114.